The second-order valence-electron chi connectivity index (χ2n) is 8.68. The highest BCUT2D eigenvalue weighted by atomic mass is 19.1. The molecule has 1 spiro atoms. The van der Waals surface area contributed by atoms with Crippen molar-refractivity contribution >= 4 is 29.3 Å². The first-order valence-corrected chi connectivity index (χ1v) is 9.76. The largest absolute Gasteiger partial charge is 0.478 e. The zero-order valence-electron chi connectivity index (χ0n) is 17.1. The van der Waals surface area contributed by atoms with E-state index in [9.17, 15) is 23.9 Å². The Labute approximate surface area is 173 Å². The molecule has 0 bridgehead atoms. The van der Waals surface area contributed by atoms with Gasteiger partial charge in [0.2, 0.25) is 5.91 Å². The predicted octanol–water partition coefficient (Wildman–Crippen LogP) is 4.25. The monoisotopic (exact) mass is 414 g/mol. The van der Waals surface area contributed by atoms with E-state index in [0.717, 1.165) is 0 Å². The Morgan fingerprint density at radius 3 is 2.43 bits per heavy atom. The summed E-state index contributed by atoms with van der Waals surface area (Å²) in [4.78, 5) is 40.0. The van der Waals surface area contributed by atoms with Crippen LogP contribution in [0, 0.1) is 10.8 Å². The Bertz CT molecular complexity index is 1020. The van der Waals surface area contributed by atoms with Crippen LogP contribution in [0.4, 0.5) is 20.6 Å². The van der Waals surface area contributed by atoms with Gasteiger partial charge in [-0.05, 0) is 49.1 Å². The Morgan fingerprint density at radius 1 is 1.23 bits per heavy atom. The zero-order valence-corrected chi connectivity index (χ0v) is 17.1. The molecule has 2 heterocycles. The first-order valence-electron chi connectivity index (χ1n) is 9.76. The predicted molar refractivity (Wildman–Crippen MR) is 108 cm³/mol. The van der Waals surface area contributed by atoms with Crippen molar-refractivity contribution in [2.45, 2.75) is 33.6 Å². The number of hydrogen-bond donors (Lipinski definition) is 1. The van der Waals surface area contributed by atoms with E-state index in [1.54, 1.807) is 12.1 Å². The number of carboxylic acid groups (broad SMARTS) is 1. The molecule has 1 saturated carbocycles. The molecule has 158 valence electrons. The lowest BCUT2D eigenvalue weighted by Gasteiger charge is -2.22. The second kappa shape index (κ2) is 6.68. The molecule has 1 aromatic carbocycles. The number of carbonyl (C=O) groups is 3. The van der Waals surface area contributed by atoms with Gasteiger partial charge in [-0.3, -0.25) is 14.6 Å². The van der Waals surface area contributed by atoms with E-state index in [4.69, 9.17) is 4.74 Å². The van der Waals surface area contributed by atoms with E-state index in [2.05, 4.69) is 0 Å². The van der Waals surface area contributed by atoms with Crippen molar-refractivity contribution < 1.29 is 28.6 Å². The number of allylic oxidation sites excluding steroid dienone is 4. The molecular weight excluding hydrogens is 391 g/mol. The van der Waals surface area contributed by atoms with Gasteiger partial charge in [0.05, 0.1) is 34.7 Å². The van der Waals surface area contributed by atoms with Gasteiger partial charge in [-0.2, -0.15) is 0 Å². The summed E-state index contributed by atoms with van der Waals surface area (Å²) >= 11 is 0. The summed E-state index contributed by atoms with van der Waals surface area (Å²) in [6.07, 6.45) is 3.44. The highest BCUT2D eigenvalue weighted by molar-refractivity contribution is 6.07. The summed E-state index contributed by atoms with van der Waals surface area (Å²) in [7, 11) is 0. The standard InChI is InChI=1S/C22H23FN2O5/c1-13(23)4-5-15-11-22(12-21(22,2)3)19(28)25(15)17-9-14(18(26)27)8-16(10-17)24-6-7-30-20(24)29/h4-5,8-10H,6-7,11-12H2,1-3H3,(H,26,27). The third-order valence-electron chi connectivity index (χ3n) is 6.28. The van der Waals surface area contributed by atoms with E-state index in [-0.39, 0.29) is 23.5 Å². The summed E-state index contributed by atoms with van der Waals surface area (Å²) in [5.74, 6) is -1.71. The molecule has 8 heteroatoms. The highest BCUT2D eigenvalue weighted by Crippen LogP contribution is 2.70. The third-order valence-corrected chi connectivity index (χ3v) is 6.28. The normalized spacial score (nSPS) is 26.7. The number of benzene rings is 1. The third kappa shape index (κ3) is 3.07. The van der Waals surface area contributed by atoms with Crippen LogP contribution in [0.5, 0.6) is 0 Å². The van der Waals surface area contributed by atoms with Gasteiger partial charge < -0.3 is 9.84 Å². The molecule has 2 aliphatic heterocycles. The maximum Gasteiger partial charge on any atom is 0.414 e. The fourth-order valence-electron chi connectivity index (χ4n) is 4.44. The molecule has 1 N–H and O–H groups in total. The van der Waals surface area contributed by atoms with Crippen molar-refractivity contribution in [3.63, 3.8) is 0 Å². The number of cyclic esters (lactones) is 1. The summed E-state index contributed by atoms with van der Waals surface area (Å²) in [6, 6.07) is 4.38. The van der Waals surface area contributed by atoms with E-state index in [1.807, 2.05) is 13.8 Å². The zero-order chi connectivity index (χ0) is 21.8. The first kappa shape index (κ1) is 20.1. The molecule has 1 aromatic rings. The van der Waals surface area contributed by atoms with Crippen LogP contribution < -0.4 is 9.80 Å². The minimum atomic E-state index is -1.18. The molecule has 4 rings (SSSR count). The quantitative estimate of drug-likeness (QED) is 0.796. The van der Waals surface area contributed by atoms with Crippen molar-refractivity contribution in [1.82, 2.24) is 0 Å². The Kier molecular flexibility index (Phi) is 4.48. The number of halogens is 1. The molecule has 1 atom stereocenters. The Hall–Kier alpha value is -3.16. The molecule has 0 radical (unpaired) electrons. The van der Waals surface area contributed by atoms with Crippen molar-refractivity contribution in [2.75, 3.05) is 23.0 Å². The topological polar surface area (TPSA) is 87.2 Å². The second-order valence-corrected chi connectivity index (χ2v) is 8.68. The minimum Gasteiger partial charge on any atom is -0.478 e. The maximum absolute atomic E-state index is 13.5. The molecular formula is C22H23FN2O5. The number of carbonyl (C=O) groups excluding carboxylic acids is 2. The number of amides is 2. The molecule has 30 heavy (non-hydrogen) atoms. The smallest absolute Gasteiger partial charge is 0.414 e. The molecule has 2 saturated heterocycles. The summed E-state index contributed by atoms with van der Waals surface area (Å²) in [5.41, 5.74) is 0.446. The van der Waals surface area contributed by atoms with Gasteiger partial charge >= 0.3 is 12.1 Å². The van der Waals surface area contributed by atoms with E-state index >= 15 is 0 Å². The van der Waals surface area contributed by atoms with Crippen LogP contribution in [0.3, 0.4) is 0 Å². The van der Waals surface area contributed by atoms with Crippen LogP contribution in [-0.2, 0) is 9.53 Å². The van der Waals surface area contributed by atoms with E-state index < -0.39 is 23.3 Å². The molecule has 3 aliphatic rings. The first-order chi connectivity index (χ1) is 14.1. The molecule has 2 amide bonds. The fraction of sp³-hybridized carbons (Fsp3) is 0.409. The number of carboxylic acids is 1. The lowest BCUT2D eigenvalue weighted by molar-refractivity contribution is -0.122. The molecule has 1 unspecified atom stereocenters. The average Bonchev–Trinajstić information content (AvgIpc) is 2.94. The van der Waals surface area contributed by atoms with Crippen LogP contribution >= 0.6 is 0 Å². The fourth-order valence-corrected chi connectivity index (χ4v) is 4.44. The van der Waals surface area contributed by atoms with Gasteiger partial charge in [-0.25, -0.2) is 14.0 Å². The van der Waals surface area contributed by atoms with E-state index in [0.29, 0.717) is 36.5 Å². The number of rotatable bonds is 4. The lowest BCUT2D eigenvalue weighted by atomic mass is 9.93. The van der Waals surface area contributed by atoms with Crippen molar-refractivity contribution in [2.24, 2.45) is 10.8 Å². The molecule has 0 aromatic heterocycles. The van der Waals surface area contributed by atoms with Crippen LogP contribution in [0.1, 0.15) is 44.0 Å². The maximum atomic E-state index is 13.5. The molecule has 3 fully saturated rings. The summed E-state index contributed by atoms with van der Waals surface area (Å²) < 4.78 is 18.4. The number of anilines is 2. The van der Waals surface area contributed by atoms with Crippen molar-refractivity contribution in [1.29, 1.82) is 0 Å². The van der Waals surface area contributed by atoms with Gasteiger partial charge in [0, 0.05) is 12.1 Å². The SMILES string of the molecule is CC(F)=CC=C1CC2(CC2(C)C)C(=O)N1c1cc(C(=O)O)cc(N2CCOC2=O)c1. The average molecular weight is 414 g/mol. The van der Waals surface area contributed by atoms with Crippen LogP contribution in [0.15, 0.2) is 41.9 Å². The number of ether oxygens (including phenoxy) is 1. The molecule has 7 nitrogen and oxygen atoms in total. The van der Waals surface area contributed by atoms with Gasteiger partial charge in [0.25, 0.3) is 0 Å². The summed E-state index contributed by atoms with van der Waals surface area (Å²) in [5, 5.41) is 9.58. The van der Waals surface area contributed by atoms with Gasteiger partial charge in [-0.1, -0.05) is 13.8 Å². The van der Waals surface area contributed by atoms with Crippen molar-refractivity contribution in [3.05, 3.63) is 47.4 Å². The number of aromatic carboxylic acids is 1. The Balaban J connectivity index is 1.84. The van der Waals surface area contributed by atoms with E-state index in [1.165, 1.54) is 34.9 Å². The number of nitrogens with zero attached hydrogens (tertiary/aromatic N) is 2. The van der Waals surface area contributed by atoms with Crippen LogP contribution in [0.25, 0.3) is 0 Å². The lowest BCUT2D eigenvalue weighted by Crippen LogP contribution is -2.30. The highest BCUT2D eigenvalue weighted by Gasteiger charge is 2.70. The van der Waals surface area contributed by atoms with Gasteiger partial charge in [-0.15, -0.1) is 0 Å². The van der Waals surface area contributed by atoms with Gasteiger partial charge in [0.1, 0.15) is 6.61 Å². The summed E-state index contributed by atoms with van der Waals surface area (Å²) in [6.45, 7) is 5.84. The molecule has 1 aliphatic carbocycles. The minimum absolute atomic E-state index is 0.0532. The Morgan fingerprint density at radius 2 is 1.90 bits per heavy atom. The van der Waals surface area contributed by atoms with Crippen LogP contribution in [0.2, 0.25) is 0 Å². The van der Waals surface area contributed by atoms with Crippen molar-refractivity contribution in [3.8, 4) is 0 Å². The van der Waals surface area contributed by atoms with Crippen LogP contribution in [-0.4, -0.2) is 36.2 Å². The number of hydrogen-bond acceptors (Lipinski definition) is 4. The van der Waals surface area contributed by atoms with Gasteiger partial charge in [0.15, 0.2) is 0 Å².